The first-order valence-electron chi connectivity index (χ1n) is 9.37. The van der Waals surface area contributed by atoms with Gasteiger partial charge in [0, 0.05) is 6.04 Å². The molecule has 0 unspecified atom stereocenters. The van der Waals surface area contributed by atoms with Crippen molar-refractivity contribution >= 4 is 17.5 Å². The number of benzene rings is 2. The van der Waals surface area contributed by atoms with E-state index < -0.39 is 0 Å². The van der Waals surface area contributed by atoms with Crippen LogP contribution in [0.5, 0.6) is 5.75 Å². The van der Waals surface area contributed by atoms with Crippen LogP contribution in [0.15, 0.2) is 42.5 Å². The molecule has 0 aliphatic heterocycles. The lowest BCUT2D eigenvalue weighted by molar-refractivity contribution is -0.118. The number of hydrogen-bond acceptors (Lipinski definition) is 3. The number of ether oxygens (including phenoxy) is 1. The van der Waals surface area contributed by atoms with Crippen LogP contribution in [0.3, 0.4) is 0 Å². The lowest BCUT2D eigenvalue weighted by atomic mass is 10.0. The molecule has 27 heavy (non-hydrogen) atoms. The van der Waals surface area contributed by atoms with Gasteiger partial charge in [0.25, 0.3) is 11.8 Å². The van der Waals surface area contributed by atoms with E-state index in [1.54, 1.807) is 24.3 Å². The number of aryl methyl sites for hydroxylation is 1. The lowest BCUT2D eigenvalue weighted by Crippen LogP contribution is -2.28. The third-order valence-corrected chi connectivity index (χ3v) is 4.60. The molecular formula is C22H26N2O3. The predicted molar refractivity (Wildman–Crippen MR) is 106 cm³/mol. The Morgan fingerprint density at radius 1 is 1.15 bits per heavy atom. The minimum atomic E-state index is -0.295. The summed E-state index contributed by atoms with van der Waals surface area (Å²) >= 11 is 0. The number of hydrogen-bond donors (Lipinski definition) is 2. The molecule has 0 radical (unpaired) electrons. The van der Waals surface area contributed by atoms with Crippen molar-refractivity contribution in [2.75, 3.05) is 11.9 Å². The minimum absolute atomic E-state index is 0.110. The first kappa shape index (κ1) is 19.0. The molecule has 1 aliphatic carbocycles. The summed E-state index contributed by atoms with van der Waals surface area (Å²) in [6.07, 6.45) is 2.03. The molecule has 0 bridgehead atoms. The van der Waals surface area contributed by atoms with Crippen LogP contribution >= 0.6 is 0 Å². The van der Waals surface area contributed by atoms with Crippen molar-refractivity contribution in [3.63, 3.8) is 0 Å². The van der Waals surface area contributed by atoms with Gasteiger partial charge in [-0.2, -0.15) is 0 Å². The van der Waals surface area contributed by atoms with Crippen molar-refractivity contribution in [3.8, 4) is 5.75 Å². The van der Waals surface area contributed by atoms with E-state index in [9.17, 15) is 9.59 Å². The van der Waals surface area contributed by atoms with Gasteiger partial charge in [-0.25, -0.2) is 0 Å². The quantitative estimate of drug-likeness (QED) is 0.777. The van der Waals surface area contributed by atoms with Crippen LogP contribution in [0.25, 0.3) is 0 Å². The van der Waals surface area contributed by atoms with E-state index in [1.807, 2.05) is 19.1 Å². The molecule has 0 aromatic heterocycles. The van der Waals surface area contributed by atoms with Gasteiger partial charge in [-0.15, -0.1) is 0 Å². The molecule has 142 valence electrons. The molecule has 5 nitrogen and oxygen atoms in total. The third-order valence-electron chi connectivity index (χ3n) is 4.60. The maximum atomic E-state index is 12.4. The van der Waals surface area contributed by atoms with Crippen molar-refractivity contribution in [1.82, 2.24) is 5.32 Å². The van der Waals surface area contributed by atoms with Gasteiger partial charge in [0.2, 0.25) is 0 Å². The molecule has 3 rings (SSSR count). The summed E-state index contributed by atoms with van der Waals surface area (Å²) in [7, 11) is 0. The highest BCUT2D eigenvalue weighted by Gasteiger charge is 2.25. The fourth-order valence-electron chi connectivity index (χ4n) is 2.74. The third kappa shape index (κ3) is 5.09. The van der Waals surface area contributed by atoms with Gasteiger partial charge < -0.3 is 15.4 Å². The molecular weight excluding hydrogens is 340 g/mol. The van der Waals surface area contributed by atoms with E-state index in [1.165, 1.54) is 0 Å². The van der Waals surface area contributed by atoms with Gasteiger partial charge in [0.05, 0.1) is 11.3 Å². The Morgan fingerprint density at radius 2 is 1.89 bits per heavy atom. The van der Waals surface area contributed by atoms with E-state index in [2.05, 4.69) is 30.5 Å². The van der Waals surface area contributed by atoms with Crippen LogP contribution < -0.4 is 15.4 Å². The van der Waals surface area contributed by atoms with Crippen LogP contribution in [0.4, 0.5) is 5.69 Å². The Morgan fingerprint density at radius 3 is 2.59 bits per heavy atom. The second kappa shape index (κ2) is 8.25. The highest BCUT2D eigenvalue weighted by molar-refractivity contribution is 6.04. The zero-order valence-electron chi connectivity index (χ0n) is 16.0. The molecule has 2 aromatic rings. The smallest absolute Gasteiger partial charge is 0.262 e. The largest absolute Gasteiger partial charge is 0.483 e. The van der Waals surface area contributed by atoms with Crippen LogP contribution in [0, 0.1) is 6.92 Å². The molecule has 2 aromatic carbocycles. The van der Waals surface area contributed by atoms with Crippen LogP contribution in [-0.4, -0.2) is 24.5 Å². The summed E-state index contributed by atoms with van der Waals surface area (Å²) in [5.74, 6) is 0.639. The molecule has 1 fully saturated rings. The highest BCUT2D eigenvalue weighted by atomic mass is 16.5. The average Bonchev–Trinajstić information content (AvgIpc) is 3.45. The number of anilines is 1. The van der Waals surface area contributed by atoms with Crippen LogP contribution in [0.1, 0.15) is 54.1 Å². The van der Waals surface area contributed by atoms with E-state index >= 15 is 0 Å². The van der Waals surface area contributed by atoms with E-state index in [0.29, 0.717) is 22.9 Å². The number of rotatable bonds is 7. The highest BCUT2D eigenvalue weighted by Crippen LogP contribution is 2.25. The van der Waals surface area contributed by atoms with E-state index in [0.717, 1.165) is 24.0 Å². The number of amides is 2. The Balaban J connectivity index is 1.63. The second-order valence-electron chi connectivity index (χ2n) is 7.31. The van der Waals surface area contributed by atoms with E-state index in [4.69, 9.17) is 4.74 Å². The normalized spacial score (nSPS) is 13.3. The first-order valence-corrected chi connectivity index (χ1v) is 9.37. The summed E-state index contributed by atoms with van der Waals surface area (Å²) in [4.78, 5) is 24.7. The molecule has 1 saturated carbocycles. The number of para-hydroxylation sites is 1. The maximum absolute atomic E-state index is 12.4. The topological polar surface area (TPSA) is 67.4 Å². The average molecular weight is 366 g/mol. The first-order chi connectivity index (χ1) is 12.9. The monoisotopic (exact) mass is 366 g/mol. The van der Waals surface area contributed by atoms with Crippen molar-refractivity contribution in [3.05, 3.63) is 59.2 Å². The minimum Gasteiger partial charge on any atom is -0.483 e. The van der Waals surface area contributed by atoms with Crippen molar-refractivity contribution in [1.29, 1.82) is 0 Å². The summed E-state index contributed by atoms with van der Waals surface area (Å²) in [6.45, 7) is 6.07. The number of carbonyl (C=O) groups excluding carboxylic acids is 2. The fraction of sp³-hybridized carbons (Fsp3) is 0.364. The van der Waals surface area contributed by atoms with Gasteiger partial charge in [-0.3, -0.25) is 9.59 Å². The van der Waals surface area contributed by atoms with Gasteiger partial charge in [-0.05, 0) is 55.0 Å². The van der Waals surface area contributed by atoms with E-state index in [-0.39, 0.29) is 24.5 Å². The Bertz CT molecular complexity index is 841. The number of nitrogens with one attached hydrogen (secondary N) is 2. The summed E-state index contributed by atoms with van der Waals surface area (Å²) in [5.41, 5.74) is 3.11. The van der Waals surface area contributed by atoms with Gasteiger partial charge in [0.1, 0.15) is 5.75 Å². The molecule has 0 saturated heterocycles. The van der Waals surface area contributed by atoms with Gasteiger partial charge >= 0.3 is 0 Å². The molecule has 1 aliphatic rings. The standard InChI is InChI=1S/C22H26N2O3/c1-14(2)16-9-8-15(3)20(12-16)27-13-21(25)24-19-7-5-4-6-18(19)22(26)23-17-10-11-17/h4-9,12,14,17H,10-11,13H2,1-3H3,(H,23,26)(H,24,25). The Labute approximate surface area is 160 Å². The van der Waals surface area contributed by atoms with Crippen molar-refractivity contribution < 1.29 is 14.3 Å². The predicted octanol–water partition coefficient (Wildman–Crippen LogP) is 4.03. The second-order valence-corrected chi connectivity index (χ2v) is 7.31. The van der Waals surface area contributed by atoms with Gasteiger partial charge in [-0.1, -0.05) is 38.1 Å². The van der Waals surface area contributed by atoms with Crippen LogP contribution in [0.2, 0.25) is 0 Å². The number of carbonyl (C=O) groups is 2. The van der Waals surface area contributed by atoms with Crippen LogP contribution in [-0.2, 0) is 4.79 Å². The fourth-order valence-corrected chi connectivity index (χ4v) is 2.74. The van der Waals surface area contributed by atoms with Crippen molar-refractivity contribution in [2.24, 2.45) is 0 Å². The molecule has 0 heterocycles. The lowest BCUT2D eigenvalue weighted by Gasteiger charge is -2.14. The molecule has 2 N–H and O–H groups in total. The SMILES string of the molecule is Cc1ccc(C(C)C)cc1OCC(=O)Nc1ccccc1C(=O)NC1CC1. The molecule has 5 heteroatoms. The molecule has 0 atom stereocenters. The zero-order valence-corrected chi connectivity index (χ0v) is 16.0. The summed E-state index contributed by atoms with van der Waals surface area (Å²) < 4.78 is 5.72. The summed E-state index contributed by atoms with van der Waals surface area (Å²) in [5, 5.41) is 5.73. The van der Waals surface area contributed by atoms with Gasteiger partial charge in [0.15, 0.2) is 6.61 Å². The zero-order chi connectivity index (χ0) is 19.4. The maximum Gasteiger partial charge on any atom is 0.262 e. The summed E-state index contributed by atoms with van der Waals surface area (Å²) in [6, 6.07) is 13.3. The Kier molecular flexibility index (Phi) is 5.79. The Hall–Kier alpha value is -2.82. The molecule has 2 amide bonds. The van der Waals surface area contributed by atoms with Crippen molar-refractivity contribution in [2.45, 2.75) is 45.6 Å². The molecule has 0 spiro atoms.